The lowest BCUT2D eigenvalue weighted by atomic mass is 9.97. The second-order valence-corrected chi connectivity index (χ2v) is 10.7. The third-order valence-electron chi connectivity index (χ3n) is 6.97. The van der Waals surface area contributed by atoms with Crippen molar-refractivity contribution in [1.29, 1.82) is 5.26 Å². The van der Waals surface area contributed by atoms with E-state index < -0.39 is 0 Å². The molecule has 0 amide bonds. The van der Waals surface area contributed by atoms with Crippen LogP contribution in [0.4, 0.5) is 0 Å². The van der Waals surface area contributed by atoms with Gasteiger partial charge in [0.2, 0.25) is 0 Å². The fraction of sp³-hybridized carbons (Fsp3) is 0.250. The van der Waals surface area contributed by atoms with Crippen LogP contribution in [0.3, 0.4) is 0 Å². The topological polar surface area (TPSA) is 87.4 Å². The van der Waals surface area contributed by atoms with Crippen molar-refractivity contribution in [2.75, 3.05) is 6.61 Å². The van der Waals surface area contributed by atoms with Crippen molar-refractivity contribution >= 4 is 23.2 Å². The van der Waals surface area contributed by atoms with Gasteiger partial charge in [-0.2, -0.15) is 5.26 Å². The van der Waals surface area contributed by atoms with Gasteiger partial charge in [0.25, 0.3) is 0 Å². The van der Waals surface area contributed by atoms with E-state index in [-0.39, 0.29) is 25.4 Å². The largest absolute Gasteiger partial charge is 0.488 e. The fourth-order valence-corrected chi connectivity index (χ4v) is 5.32. The molecule has 40 heavy (non-hydrogen) atoms. The van der Waals surface area contributed by atoms with Crippen LogP contribution in [0.15, 0.2) is 73.1 Å². The first-order valence-corrected chi connectivity index (χ1v) is 13.9. The van der Waals surface area contributed by atoms with Crippen LogP contribution in [0.5, 0.6) is 11.5 Å². The minimum Gasteiger partial charge on any atom is -0.488 e. The van der Waals surface area contributed by atoms with Crippen molar-refractivity contribution < 1.29 is 14.6 Å². The molecule has 0 unspecified atom stereocenters. The second-order valence-electron chi connectivity index (χ2n) is 9.87. The number of aliphatic hydroxyl groups is 1. The molecule has 6 nitrogen and oxygen atoms in total. The van der Waals surface area contributed by atoms with E-state index in [1.807, 2.05) is 43.3 Å². The fourth-order valence-electron chi connectivity index (χ4n) is 4.89. The summed E-state index contributed by atoms with van der Waals surface area (Å²) < 4.78 is 12.7. The quantitative estimate of drug-likeness (QED) is 0.211. The molecule has 0 spiro atoms. The van der Waals surface area contributed by atoms with Crippen LogP contribution in [0.1, 0.15) is 47.3 Å². The van der Waals surface area contributed by atoms with Gasteiger partial charge in [0.1, 0.15) is 30.3 Å². The molecule has 1 aliphatic carbocycles. The van der Waals surface area contributed by atoms with E-state index in [1.165, 1.54) is 11.8 Å². The molecule has 5 rings (SSSR count). The minimum absolute atomic E-state index is 0.00992. The first-order chi connectivity index (χ1) is 19.4. The summed E-state index contributed by atoms with van der Waals surface area (Å²) in [5.41, 5.74) is 6.71. The van der Waals surface area contributed by atoms with Gasteiger partial charge in [0, 0.05) is 47.2 Å². The molecule has 3 aromatic carbocycles. The molecule has 2 N–H and O–H groups in total. The van der Waals surface area contributed by atoms with Gasteiger partial charge in [0.15, 0.2) is 0 Å². The van der Waals surface area contributed by atoms with Crippen molar-refractivity contribution in [3.8, 4) is 28.7 Å². The molecule has 0 bridgehead atoms. The highest BCUT2D eigenvalue weighted by atomic mass is 35.5. The number of halogens is 2. The number of aliphatic hydroxyl groups excluding tert-OH is 1. The van der Waals surface area contributed by atoms with Gasteiger partial charge in [0.05, 0.1) is 17.2 Å². The Bertz CT molecular complexity index is 1550. The Labute approximate surface area is 244 Å². The van der Waals surface area contributed by atoms with Gasteiger partial charge >= 0.3 is 0 Å². The second kappa shape index (κ2) is 12.7. The summed E-state index contributed by atoms with van der Waals surface area (Å²) in [5.74, 6) is 1.14. The van der Waals surface area contributed by atoms with Gasteiger partial charge in [-0.05, 0) is 66.3 Å². The highest BCUT2D eigenvalue weighted by Gasteiger charge is 2.27. The van der Waals surface area contributed by atoms with E-state index >= 15 is 0 Å². The van der Waals surface area contributed by atoms with Gasteiger partial charge in [-0.1, -0.05) is 53.5 Å². The Morgan fingerprint density at radius 1 is 1.10 bits per heavy atom. The zero-order chi connectivity index (χ0) is 28.1. The molecule has 0 fully saturated rings. The highest BCUT2D eigenvalue weighted by Crippen LogP contribution is 2.43. The molecule has 8 heteroatoms. The average Bonchev–Trinajstić information content (AvgIpc) is 3.39. The van der Waals surface area contributed by atoms with E-state index in [9.17, 15) is 10.4 Å². The third-order valence-corrected chi connectivity index (χ3v) is 7.50. The van der Waals surface area contributed by atoms with Crippen LogP contribution in [-0.2, 0) is 19.6 Å². The predicted octanol–water partition coefficient (Wildman–Crippen LogP) is 7.04. The maximum absolute atomic E-state index is 9.45. The number of rotatable bonds is 10. The van der Waals surface area contributed by atoms with E-state index in [0.29, 0.717) is 33.7 Å². The summed E-state index contributed by atoms with van der Waals surface area (Å²) >= 11 is 13.0. The monoisotopic (exact) mass is 573 g/mol. The predicted molar refractivity (Wildman–Crippen MR) is 157 cm³/mol. The van der Waals surface area contributed by atoms with Crippen molar-refractivity contribution in [1.82, 2.24) is 10.3 Å². The lowest BCUT2D eigenvalue weighted by Crippen LogP contribution is -2.28. The summed E-state index contributed by atoms with van der Waals surface area (Å²) in [5, 5.41) is 23.1. The van der Waals surface area contributed by atoms with Crippen molar-refractivity contribution in [3.05, 3.63) is 111 Å². The summed E-state index contributed by atoms with van der Waals surface area (Å²) in [4.78, 5) is 4.12. The van der Waals surface area contributed by atoms with Crippen LogP contribution < -0.4 is 14.8 Å². The first-order valence-electron chi connectivity index (χ1n) is 13.1. The lowest BCUT2D eigenvalue weighted by molar-refractivity contribution is 0.205. The molecule has 1 aliphatic rings. The van der Waals surface area contributed by atoms with Crippen LogP contribution in [0.2, 0.25) is 10.0 Å². The number of ether oxygens (including phenoxy) is 2. The molecule has 204 valence electrons. The summed E-state index contributed by atoms with van der Waals surface area (Å²) in [6.45, 7) is 2.58. The van der Waals surface area contributed by atoms with Crippen LogP contribution in [0, 0.1) is 11.3 Å². The Kier molecular flexibility index (Phi) is 8.88. The molecule has 4 aromatic rings. The van der Waals surface area contributed by atoms with Crippen LogP contribution in [-0.4, -0.2) is 22.7 Å². The van der Waals surface area contributed by atoms with Gasteiger partial charge < -0.3 is 19.9 Å². The molecule has 1 aromatic heterocycles. The number of hydrogen-bond donors (Lipinski definition) is 2. The third kappa shape index (κ3) is 6.41. The van der Waals surface area contributed by atoms with E-state index in [0.717, 1.165) is 40.7 Å². The molecule has 0 saturated heterocycles. The molecule has 2 atom stereocenters. The van der Waals surface area contributed by atoms with Crippen molar-refractivity contribution in [2.45, 2.75) is 45.1 Å². The van der Waals surface area contributed by atoms with Gasteiger partial charge in [-0.3, -0.25) is 4.98 Å². The number of nitrogens with one attached hydrogen (secondary N) is 1. The smallest absolute Gasteiger partial charge is 0.142 e. The number of nitrogens with zero attached hydrogens (tertiary/aromatic N) is 2. The maximum atomic E-state index is 9.45. The molecule has 0 radical (unpaired) electrons. The number of hydrogen-bond acceptors (Lipinski definition) is 6. The zero-order valence-corrected chi connectivity index (χ0v) is 23.5. The summed E-state index contributed by atoms with van der Waals surface area (Å²) in [6.07, 6.45) is 4.73. The summed E-state index contributed by atoms with van der Waals surface area (Å²) in [7, 11) is 0. The van der Waals surface area contributed by atoms with E-state index in [1.54, 1.807) is 12.3 Å². The number of pyridine rings is 1. The normalized spacial score (nSPS) is 14.8. The summed E-state index contributed by atoms with van der Waals surface area (Å²) in [6, 6.07) is 21.6. The number of nitriles is 1. The van der Waals surface area contributed by atoms with Gasteiger partial charge in [-0.15, -0.1) is 0 Å². The average molecular weight is 575 g/mol. The maximum Gasteiger partial charge on any atom is 0.142 e. The zero-order valence-electron chi connectivity index (χ0n) is 22.0. The van der Waals surface area contributed by atoms with Crippen molar-refractivity contribution in [2.24, 2.45) is 0 Å². The Hall–Kier alpha value is -3.60. The van der Waals surface area contributed by atoms with Crippen LogP contribution in [0.25, 0.3) is 11.1 Å². The van der Waals surface area contributed by atoms with Gasteiger partial charge in [-0.25, -0.2) is 0 Å². The lowest BCUT2D eigenvalue weighted by Gasteiger charge is -2.20. The highest BCUT2D eigenvalue weighted by molar-refractivity contribution is 6.32. The van der Waals surface area contributed by atoms with E-state index in [2.05, 4.69) is 34.6 Å². The molecular weight excluding hydrogens is 545 g/mol. The molecule has 0 saturated carbocycles. The number of aromatic nitrogens is 1. The Balaban J connectivity index is 1.41. The van der Waals surface area contributed by atoms with Crippen molar-refractivity contribution in [3.63, 3.8) is 0 Å². The standard InChI is InChI=1S/C32H29Cl2N3O3/c1-20(18-38)37-17-24-12-29(34)32(13-31(24)39-19-22-10-21(14-35)15-36-16-22)40-30-9-8-27-26(6-3-7-28(27)30)23-4-2-5-25(33)11-23/h2-7,10-13,15-16,20,30,37-38H,8-9,17-19H2,1H3/t20-,30+/m1/s1. The van der Waals surface area contributed by atoms with Crippen LogP contribution >= 0.6 is 23.2 Å². The first kappa shape index (κ1) is 27.9. The Morgan fingerprint density at radius 2 is 1.95 bits per heavy atom. The minimum atomic E-state index is -0.158. The number of benzene rings is 3. The van der Waals surface area contributed by atoms with E-state index in [4.69, 9.17) is 32.7 Å². The molecule has 0 aliphatic heterocycles. The molecular formula is C32H29Cl2N3O3. The molecule has 1 heterocycles. The SMILES string of the molecule is C[C@H](CO)NCc1cc(Cl)c(O[C@H]2CCc3c(-c4cccc(Cl)c4)cccc32)cc1OCc1cncc(C#N)c1. The Morgan fingerprint density at radius 3 is 2.75 bits per heavy atom. The number of fused-ring (bicyclic) bond motifs is 1.